The molecular weight excluding hydrogens is 530 g/mol. The molecule has 1 unspecified atom stereocenters. The number of nitrogens with zero attached hydrogens (tertiary/aromatic N) is 3. The van der Waals surface area contributed by atoms with Crippen LogP contribution in [0.2, 0.25) is 0 Å². The van der Waals surface area contributed by atoms with Crippen molar-refractivity contribution in [3.05, 3.63) is 64.8 Å². The summed E-state index contributed by atoms with van der Waals surface area (Å²) in [5.74, 6) is -1.59. The Morgan fingerprint density at radius 3 is 2.58 bits per heavy atom. The Hall–Kier alpha value is -3.24. The molecule has 0 aliphatic heterocycles. The monoisotopic (exact) mass is 551 g/mol. The van der Waals surface area contributed by atoms with E-state index in [1.807, 2.05) is 4.72 Å². The molecule has 0 saturated heterocycles. The number of aromatic carboxylic acids is 1. The van der Waals surface area contributed by atoms with Crippen molar-refractivity contribution in [2.45, 2.75) is 25.1 Å². The molecule has 0 fully saturated rings. The third-order valence-electron chi connectivity index (χ3n) is 5.05. The predicted octanol–water partition coefficient (Wildman–Crippen LogP) is 2.25. The number of benzene rings is 2. The zero-order valence-corrected chi connectivity index (χ0v) is 21.2. The third-order valence-corrected chi connectivity index (χ3v) is 8.95. The van der Waals surface area contributed by atoms with Crippen LogP contribution in [0.5, 0.6) is 0 Å². The van der Waals surface area contributed by atoms with E-state index < -0.39 is 37.8 Å². The van der Waals surface area contributed by atoms with E-state index in [2.05, 4.69) is 15.2 Å². The average molecular weight is 552 g/mol. The molecule has 0 aliphatic rings. The van der Waals surface area contributed by atoms with Gasteiger partial charge >= 0.3 is 5.97 Å². The highest BCUT2D eigenvalue weighted by atomic mass is 32.2. The van der Waals surface area contributed by atoms with Crippen LogP contribution >= 0.6 is 11.3 Å². The topological polar surface area (TPSA) is 195 Å². The first kappa shape index (κ1) is 25.8. The maximum atomic E-state index is 13.2. The molecule has 0 radical (unpaired) electrons. The molecule has 4 aromatic rings. The lowest BCUT2D eigenvalue weighted by Crippen LogP contribution is -2.30. The number of aromatic nitrogens is 3. The van der Waals surface area contributed by atoms with E-state index in [-0.39, 0.29) is 28.1 Å². The van der Waals surface area contributed by atoms with E-state index in [4.69, 9.17) is 9.56 Å². The molecule has 4 N–H and O–H groups in total. The van der Waals surface area contributed by atoms with Gasteiger partial charge in [0, 0.05) is 0 Å². The van der Waals surface area contributed by atoms with E-state index in [1.165, 1.54) is 6.07 Å². The van der Waals surface area contributed by atoms with Crippen LogP contribution in [0.15, 0.2) is 46.9 Å². The second kappa shape index (κ2) is 10.0. The molecule has 2 aromatic carbocycles. The molecule has 2 aromatic heterocycles. The number of rotatable bonds is 10. The molecule has 0 spiro atoms. The normalized spacial score (nSPS) is 13.2. The first-order chi connectivity index (χ1) is 17.0. The van der Waals surface area contributed by atoms with Gasteiger partial charge in [0.05, 0.1) is 28.1 Å². The Labute approximate surface area is 210 Å². The summed E-state index contributed by atoms with van der Waals surface area (Å²) in [5.41, 5.74) is 2.11. The highest BCUT2D eigenvalue weighted by Gasteiger charge is 2.36. The van der Waals surface area contributed by atoms with Crippen molar-refractivity contribution < 1.29 is 31.2 Å². The van der Waals surface area contributed by atoms with Gasteiger partial charge in [0.1, 0.15) is 5.01 Å². The molecule has 4 rings (SSSR count). The van der Waals surface area contributed by atoms with E-state index in [1.54, 1.807) is 43.3 Å². The lowest BCUT2D eigenvalue weighted by Gasteiger charge is -2.10. The molecule has 36 heavy (non-hydrogen) atoms. The van der Waals surface area contributed by atoms with Crippen LogP contribution in [0.1, 0.15) is 45.7 Å². The van der Waals surface area contributed by atoms with Gasteiger partial charge in [-0.05, 0) is 41.8 Å². The molecule has 0 saturated carbocycles. The van der Waals surface area contributed by atoms with Gasteiger partial charge in [-0.1, -0.05) is 25.1 Å². The fourth-order valence-electron chi connectivity index (χ4n) is 3.49. The Balaban J connectivity index is 1.74. The highest BCUT2D eigenvalue weighted by molar-refractivity contribution is 7.92. The van der Waals surface area contributed by atoms with Crippen LogP contribution in [0.4, 0.5) is 0 Å². The number of sulfone groups is 1. The summed E-state index contributed by atoms with van der Waals surface area (Å²) in [6.45, 7) is 1.32. The van der Waals surface area contributed by atoms with Crippen LogP contribution in [0.3, 0.4) is 0 Å². The zero-order chi connectivity index (χ0) is 26.1. The lowest BCUT2D eigenvalue weighted by atomic mass is 10.0. The van der Waals surface area contributed by atoms with Gasteiger partial charge in [-0.3, -0.25) is 0 Å². The van der Waals surface area contributed by atoms with E-state index in [9.17, 15) is 26.7 Å². The number of hydrogen-bond acceptors (Lipinski definition) is 10. The number of hydrogen-bond donors (Lipinski definition) is 3. The van der Waals surface area contributed by atoms with Crippen LogP contribution in [0.25, 0.3) is 21.3 Å². The Bertz CT molecular complexity index is 1650. The lowest BCUT2D eigenvalue weighted by molar-refractivity contribution is 0.0697. The fourth-order valence-corrected chi connectivity index (χ4v) is 6.94. The first-order valence-electron chi connectivity index (χ1n) is 10.5. The summed E-state index contributed by atoms with van der Waals surface area (Å²) in [7, 11) is -7.82. The fraction of sp³-hybridized carbons (Fsp3) is 0.238. The summed E-state index contributed by atoms with van der Waals surface area (Å²) in [4.78, 5) is 15.8. The van der Waals surface area contributed by atoms with E-state index in [0.29, 0.717) is 22.2 Å². The van der Waals surface area contributed by atoms with Crippen LogP contribution < -0.4 is 9.86 Å². The summed E-state index contributed by atoms with van der Waals surface area (Å²) in [5, 5.41) is 20.6. The summed E-state index contributed by atoms with van der Waals surface area (Å²) >= 11 is 1.13. The van der Waals surface area contributed by atoms with Crippen LogP contribution in [0, 0.1) is 0 Å². The average Bonchev–Trinajstić information content (AvgIpc) is 3.43. The summed E-state index contributed by atoms with van der Waals surface area (Å²) in [6, 6.07) is 11.8. The van der Waals surface area contributed by atoms with Crippen molar-refractivity contribution in [3.8, 4) is 11.1 Å². The first-order valence-corrected chi connectivity index (χ1v) is 14.6. The number of fused-ring (bicyclic) bond motifs is 1. The van der Waals surface area contributed by atoms with Gasteiger partial charge in [-0.15, -0.1) is 21.5 Å². The van der Waals surface area contributed by atoms with Gasteiger partial charge in [-0.2, -0.15) is 13.1 Å². The molecule has 12 nitrogen and oxygen atoms in total. The highest BCUT2D eigenvalue weighted by Crippen LogP contribution is 2.37. The number of carboxylic acid groups (broad SMARTS) is 1. The Kier molecular flexibility index (Phi) is 7.19. The van der Waals surface area contributed by atoms with Crippen molar-refractivity contribution in [2.24, 2.45) is 5.14 Å². The Morgan fingerprint density at radius 2 is 1.89 bits per heavy atom. The number of nitrogens with one attached hydrogen (secondary N) is 1. The number of carbonyl (C=O) groups is 1. The zero-order valence-electron chi connectivity index (χ0n) is 18.8. The maximum absolute atomic E-state index is 13.2. The van der Waals surface area contributed by atoms with Gasteiger partial charge < -0.3 is 9.52 Å². The number of carboxylic acids is 1. The molecule has 0 amide bonds. The molecule has 15 heteroatoms. The number of thiazole rings is 1. The minimum atomic E-state index is -4.01. The third kappa shape index (κ3) is 5.76. The molecule has 1 atom stereocenters. The smallest absolute Gasteiger partial charge is 0.335 e. The van der Waals surface area contributed by atoms with Gasteiger partial charge in [0.15, 0.2) is 15.1 Å². The van der Waals surface area contributed by atoms with Crippen molar-refractivity contribution in [1.29, 1.82) is 0 Å². The minimum Gasteiger partial charge on any atom is -0.478 e. The predicted molar refractivity (Wildman–Crippen MR) is 132 cm³/mol. The molecule has 190 valence electrons. The van der Waals surface area contributed by atoms with Gasteiger partial charge in [0.25, 0.3) is 10.2 Å². The Morgan fingerprint density at radius 1 is 1.14 bits per heavy atom. The molecule has 0 bridgehead atoms. The SMILES string of the molecule is CCCS(=O)(=O)C(c1nnc(CNS(N)(=O)=O)o1)c1nc2ccc(-c3cccc(C(=O)O)c3)cc2s1. The summed E-state index contributed by atoms with van der Waals surface area (Å²) in [6.07, 6.45) is 0.349. The van der Waals surface area contributed by atoms with E-state index in [0.717, 1.165) is 16.9 Å². The second-order valence-electron chi connectivity index (χ2n) is 7.77. The van der Waals surface area contributed by atoms with Gasteiger partial charge in [0.2, 0.25) is 11.8 Å². The van der Waals surface area contributed by atoms with Crippen molar-refractivity contribution in [1.82, 2.24) is 19.9 Å². The maximum Gasteiger partial charge on any atom is 0.335 e. The van der Waals surface area contributed by atoms with Gasteiger partial charge in [-0.25, -0.2) is 23.3 Å². The quantitative estimate of drug-likeness (QED) is 0.263. The molecule has 2 heterocycles. The minimum absolute atomic E-state index is 0.146. The van der Waals surface area contributed by atoms with E-state index >= 15 is 0 Å². The van der Waals surface area contributed by atoms with Crippen molar-refractivity contribution >= 4 is 47.6 Å². The molecular formula is C21H21N5O7S3. The largest absolute Gasteiger partial charge is 0.478 e. The van der Waals surface area contributed by atoms with Crippen LogP contribution in [-0.2, 0) is 26.6 Å². The summed E-state index contributed by atoms with van der Waals surface area (Å²) < 4.78 is 56.8. The second-order valence-corrected chi connectivity index (χ2v) is 12.4. The van der Waals surface area contributed by atoms with Crippen molar-refractivity contribution in [2.75, 3.05) is 5.75 Å². The number of nitrogens with two attached hydrogens (primary N) is 1. The van der Waals surface area contributed by atoms with Crippen LogP contribution in [-0.4, -0.2) is 48.8 Å². The standard InChI is InChI=1S/C21H21N5O7S3/c1-2-8-35(29,30)18(19-26-25-17(33-19)11-23-36(22,31)32)20-24-15-7-6-13(10-16(15)34-20)12-4-3-5-14(9-12)21(27)28/h3-7,9-10,18,23H,2,8,11H2,1H3,(H,27,28)(H2,22,31,32). The molecule has 0 aliphatic carbocycles. The van der Waals surface area contributed by atoms with Crippen molar-refractivity contribution in [3.63, 3.8) is 0 Å².